The van der Waals surface area contributed by atoms with E-state index in [1.165, 1.54) is 18.2 Å². The summed E-state index contributed by atoms with van der Waals surface area (Å²) < 4.78 is 37.8. The first-order valence-corrected chi connectivity index (χ1v) is 8.85. The Morgan fingerprint density at radius 1 is 1.27 bits per heavy atom. The second-order valence-corrected chi connectivity index (χ2v) is 7.96. The highest BCUT2D eigenvalue weighted by atomic mass is 32.2. The molecule has 0 saturated heterocycles. The molecular formula is C15H24FN3O2S. The van der Waals surface area contributed by atoms with Crippen molar-refractivity contribution < 1.29 is 12.8 Å². The van der Waals surface area contributed by atoms with E-state index < -0.39 is 15.7 Å². The number of guanidine groups is 1. The van der Waals surface area contributed by atoms with Crippen molar-refractivity contribution >= 4 is 15.8 Å². The number of hydrogen-bond acceptors (Lipinski definition) is 3. The molecule has 1 aromatic carbocycles. The zero-order valence-corrected chi connectivity index (χ0v) is 14.3. The van der Waals surface area contributed by atoms with Crippen molar-refractivity contribution in [2.45, 2.75) is 38.1 Å². The molecule has 0 unspecified atom stereocenters. The molecular weight excluding hydrogens is 305 g/mol. The van der Waals surface area contributed by atoms with E-state index >= 15 is 0 Å². The molecule has 2 N–H and O–H groups in total. The number of benzene rings is 1. The van der Waals surface area contributed by atoms with Crippen LogP contribution in [0.4, 0.5) is 4.39 Å². The minimum absolute atomic E-state index is 0.0576. The van der Waals surface area contributed by atoms with E-state index in [0.29, 0.717) is 12.5 Å². The maximum Gasteiger partial charge on any atom is 0.191 e. The van der Waals surface area contributed by atoms with Crippen LogP contribution in [-0.4, -0.2) is 38.8 Å². The Bertz CT molecular complexity index is 622. The summed E-state index contributed by atoms with van der Waals surface area (Å²) in [5.41, 5.74) is -0.189. The van der Waals surface area contributed by atoms with Gasteiger partial charge in [-0.3, -0.25) is 4.99 Å². The van der Waals surface area contributed by atoms with Gasteiger partial charge < -0.3 is 10.6 Å². The summed E-state index contributed by atoms with van der Waals surface area (Å²) >= 11 is 0. The molecule has 124 valence electrons. The molecule has 0 aliphatic heterocycles. The van der Waals surface area contributed by atoms with Crippen LogP contribution in [0.5, 0.6) is 0 Å². The molecule has 0 radical (unpaired) electrons. The molecule has 0 aliphatic rings. The topological polar surface area (TPSA) is 70.6 Å². The molecule has 5 nitrogen and oxygen atoms in total. The predicted molar refractivity (Wildman–Crippen MR) is 87.3 cm³/mol. The minimum atomic E-state index is -3.68. The summed E-state index contributed by atoms with van der Waals surface area (Å²) in [5, 5.41) is 6.21. The monoisotopic (exact) mass is 329 g/mol. The van der Waals surface area contributed by atoms with E-state index in [1.54, 1.807) is 0 Å². The predicted octanol–water partition coefficient (Wildman–Crippen LogP) is 1.95. The highest BCUT2D eigenvalue weighted by Crippen LogP contribution is 2.15. The number of aliphatic imine (C=N–C) groups is 1. The van der Waals surface area contributed by atoms with Crippen molar-refractivity contribution in [1.29, 1.82) is 0 Å². The van der Waals surface area contributed by atoms with Gasteiger partial charge in [0.2, 0.25) is 0 Å². The molecule has 22 heavy (non-hydrogen) atoms. The van der Waals surface area contributed by atoms with Gasteiger partial charge in [-0.2, -0.15) is 0 Å². The number of nitrogens with zero attached hydrogens (tertiary/aromatic N) is 1. The van der Waals surface area contributed by atoms with Gasteiger partial charge in [-0.05, 0) is 39.8 Å². The average molecular weight is 329 g/mol. The lowest BCUT2D eigenvalue weighted by atomic mass is 10.1. The van der Waals surface area contributed by atoms with Gasteiger partial charge in [0.25, 0.3) is 0 Å². The molecule has 1 aromatic rings. The SMILES string of the molecule is CCNC(=NCCS(=O)(=O)c1ccccc1F)NC(C)(C)C. The Hall–Kier alpha value is -1.63. The fourth-order valence-corrected chi connectivity index (χ4v) is 2.95. The van der Waals surface area contributed by atoms with Crippen molar-refractivity contribution in [3.05, 3.63) is 30.1 Å². The van der Waals surface area contributed by atoms with Crippen LogP contribution in [0.15, 0.2) is 34.2 Å². The summed E-state index contributed by atoms with van der Waals surface area (Å²) in [6, 6.07) is 5.38. The van der Waals surface area contributed by atoms with Crippen LogP contribution in [0.1, 0.15) is 27.7 Å². The molecule has 0 saturated carbocycles. The lowest BCUT2D eigenvalue weighted by Crippen LogP contribution is -2.47. The van der Waals surface area contributed by atoms with E-state index in [4.69, 9.17) is 0 Å². The third-order valence-corrected chi connectivity index (χ3v) is 4.36. The maximum atomic E-state index is 13.6. The van der Waals surface area contributed by atoms with Gasteiger partial charge in [-0.25, -0.2) is 12.8 Å². The molecule has 0 spiro atoms. The van der Waals surface area contributed by atoms with Crippen LogP contribution in [0.25, 0.3) is 0 Å². The van der Waals surface area contributed by atoms with E-state index in [-0.39, 0.29) is 22.7 Å². The molecule has 0 heterocycles. The van der Waals surface area contributed by atoms with Crippen molar-refractivity contribution in [1.82, 2.24) is 10.6 Å². The molecule has 0 fully saturated rings. The van der Waals surface area contributed by atoms with Crippen molar-refractivity contribution in [2.75, 3.05) is 18.8 Å². The van der Waals surface area contributed by atoms with Crippen LogP contribution in [0.2, 0.25) is 0 Å². The highest BCUT2D eigenvalue weighted by molar-refractivity contribution is 7.91. The van der Waals surface area contributed by atoms with Crippen molar-refractivity contribution in [2.24, 2.45) is 4.99 Å². The fourth-order valence-electron chi connectivity index (χ4n) is 1.75. The van der Waals surface area contributed by atoms with Gasteiger partial charge in [0.15, 0.2) is 15.8 Å². The number of halogens is 1. The zero-order chi connectivity index (χ0) is 16.8. The maximum absolute atomic E-state index is 13.6. The van der Waals surface area contributed by atoms with E-state index in [0.717, 1.165) is 6.07 Å². The largest absolute Gasteiger partial charge is 0.357 e. The summed E-state index contributed by atoms with van der Waals surface area (Å²) in [4.78, 5) is 3.95. The summed E-state index contributed by atoms with van der Waals surface area (Å²) in [7, 11) is -3.68. The second-order valence-electron chi connectivity index (χ2n) is 5.88. The fraction of sp³-hybridized carbons (Fsp3) is 0.533. The van der Waals surface area contributed by atoms with Gasteiger partial charge >= 0.3 is 0 Å². The highest BCUT2D eigenvalue weighted by Gasteiger charge is 2.18. The Kier molecular flexibility index (Phi) is 6.34. The molecule has 1 rings (SSSR count). The number of sulfone groups is 1. The molecule has 0 amide bonds. The second kappa shape index (κ2) is 7.58. The van der Waals surface area contributed by atoms with Crippen molar-refractivity contribution in [3.63, 3.8) is 0 Å². The van der Waals surface area contributed by atoms with Crippen LogP contribution < -0.4 is 10.6 Å². The van der Waals surface area contributed by atoms with Crippen LogP contribution >= 0.6 is 0 Å². The quantitative estimate of drug-likeness (QED) is 0.640. The Morgan fingerprint density at radius 3 is 2.45 bits per heavy atom. The lowest BCUT2D eigenvalue weighted by molar-refractivity contribution is 0.502. The molecule has 0 aliphatic carbocycles. The summed E-state index contributed by atoms with van der Waals surface area (Å²) in [5.74, 6) is -0.431. The average Bonchev–Trinajstić information content (AvgIpc) is 2.37. The summed E-state index contributed by atoms with van der Waals surface area (Å²) in [6.07, 6.45) is 0. The minimum Gasteiger partial charge on any atom is -0.357 e. The molecule has 0 aromatic heterocycles. The zero-order valence-electron chi connectivity index (χ0n) is 13.5. The molecule has 0 atom stereocenters. The number of nitrogens with one attached hydrogen (secondary N) is 2. The first-order chi connectivity index (χ1) is 10.2. The molecule has 0 bridgehead atoms. The first-order valence-electron chi connectivity index (χ1n) is 7.19. The Morgan fingerprint density at radius 2 is 1.91 bits per heavy atom. The normalized spacial score (nSPS) is 13.0. The van der Waals surface area contributed by atoms with Gasteiger partial charge in [-0.1, -0.05) is 12.1 Å². The van der Waals surface area contributed by atoms with Gasteiger partial charge in [-0.15, -0.1) is 0 Å². The Labute approximate surface area is 132 Å². The number of hydrogen-bond donors (Lipinski definition) is 2. The first kappa shape index (κ1) is 18.4. The van der Waals surface area contributed by atoms with Crippen LogP contribution in [0, 0.1) is 5.82 Å². The van der Waals surface area contributed by atoms with Gasteiger partial charge in [0, 0.05) is 12.1 Å². The molecule has 7 heteroatoms. The van der Waals surface area contributed by atoms with Gasteiger partial charge in [0.1, 0.15) is 10.7 Å². The van der Waals surface area contributed by atoms with E-state index in [2.05, 4.69) is 15.6 Å². The number of rotatable bonds is 5. The van der Waals surface area contributed by atoms with Crippen molar-refractivity contribution in [3.8, 4) is 0 Å². The standard InChI is InChI=1S/C15H24FN3O2S/c1-5-17-14(19-15(2,3)4)18-10-11-22(20,21)13-9-7-6-8-12(13)16/h6-9H,5,10-11H2,1-4H3,(H2,17,18,19). The van der Waals surface area contributed by atoms with Crippen LogP contribution in [-0.2, 0) is 9.84 Å². The third-order valence-electron chi connectivity index (χ3n) is 2.64. The van der Waals surface area contributed by atoms with E-state index in [9.17, 15) is 12.8 Å². The summed E-state index contributed by atoms with van der Waals surface area (Å²) in [6.45, 7) is 8.60. The van der Waals surface area contributed by atoms with Gasteiger partial charge in [0.05, 0.1) is 12.3 Å². The van der Waals surface area contributed by atoms with E-state index in [1.807, 2.05) is 27.7 Å². The lowest BCUT2D eigenvalue weighted by Gasteiger charge is -2.23. The third kappa shape index (κ3) is 6.01. The smallest absolute Gasteiger partial charge is 0.191 e. The van der Waals surface area contributed by atoms with Crippen LogP contribution in [0.3, 0.4) is 0 Å². The Balaban J connectivity index is 2.78.